The van der Waals surface area contributed by atoms with Crippen LogP contribution < -0.4 is 5.32 Å². The quantitative estimate of drug-likeness (QED) is 0.651. The van der Waals surface area contributed by atoms with E-state index in [1.54, 1.807) is 24.3 Å². The van der Waals surface area contributed by atoms with Crippen LogP contribution in [0.5, 0.6) is 0 Å². The molecule has 0 spiro atoms. The van der Waals surface area contributed by atoms with Crippen molar-refractivity contribution in [2.75, 3.05) is 0 Å². The Kier molecular flexibility index (Phi) is 5.03. The van der Waals surface area contributed by atoms with Crippen molar-refractivity contribution in [2.24, 2.45) is 0 Å². The van der Waals surface area contributed by atoms with E-state index < -0.39 is 0 Å². The Morgan fingerprint density at radius 1 is 1.48 bits per heavy atom. The SMILES string of the molecule is CCc1cnc(C(C)NCc2cccc([N+](=O)[O-])c2C)s1. The third-order valence-corrected chi connectivity index (χ3v) is 4.83. The molecule has 0 aliphatic rings. The number of benzene rings is 1. The summed E-state index contributed by atoms with van der Waals surface area (Å²) in [6.07, 6.45) is 2.91. The number of aryl methyl sites for hydroxylation is 1. The van der Waals surface area contributed by atoms with E-state index in [0.29, 0.717) is 6.54 Å². The van der Waals surface area contributed by atoms with Gasteiger partial charge in [-0.15, -0.1) is 11.3 Å². The lowest BCUT2D eigenvalue weighted by Gasteiger charge is -2.12. The minimum absolute atomic E-state index is 0.133. The number of nitro groups is 1. The van der Waals surface area contributed by atoms with Crippen molar-refractivity contribution in [3.8, 4) is 0 Å². The van der Waals surface area contributed by atoms with E-state index >= 15 is 0 Å². The van der Waals surface area contributed by atoms with Crippen LogP contribution in [-0.2, 0) is 13.0 Å². The van der Waals surface area contributed by atoms with Gasteiger partial charge in [-0.1, -0.05) is 19.1 Å². The molecule has 2 aromatic rings. The predicted octanol–water partition coefficient (Wildman–Crippen LogP) is 3.77. The molecule has 5 nitrogen and oxygen atoms in total. The molecule has 2 rings (SSSR count). The molecule has 0 amide bonds. The van der Waals surface area contributed by atoms with E-state index in [1.807, 2.05) is 12.3 Å². The Labute approximate surface area is 128 Å². The minimum Gasteiger partial charge on any atom is -0.304 e. The lowest BCUT2D eigenvalue weighted by atomic mass is 10.1. The Morgan fingerprint density at radius 3 is 2.86 bits per heavy atom. The largest absolute Gasteiger partial charge is 0.304 e. The maximum absolute atomic E-state index is 10.9. The highest BCUT2D eigenvalue weighted by Gasteiger charge is 2.14. The van der Waals surface area contributed by atoms with Crippen LogP contribution in [-0.4, -0.2) is 9.91 Å². The molecule has 0 saturated carbocycles. The van der Waals surface area contributed by atoms with Crippen molar-refractivity contribution in [2.45, 2.75) is 39.8 Å². The summed E-state index contributed by atoms with van der Waals surface area (Å²) >= 11 is 1.71. The van der Waals surface area contributed by atoms with E-state index in [2.05, 4.69) is 24.1 Å². The van der Waals surface area contributed by atoms with E-state index in [0.717, 1.165) is 22.6 Å². The van der Waals surface area contributed by atoms with Gasteiger partial charge in [0.15, 0.2) is 0 Å². The molecular formula is C15H19N3O2S. The van der Waals surface area contributed by atoms with Gasteiger partial charge in [0.05, 0.1) is 11.0 Å². The van der Waals surface area contributed by atoms with Gasteiger partial charge in [0.2, 0.25) is 0 Å². The lowest BCUT2D eigenvalue weighted by Crippen LogP contribution is -2.18. The van der Waals surface area contributed by atoms with Crippen LogP contribution in [0.4, 0.5) is 5.69 Å². The maximum atomic E-state index is 10.9. The highest BCUT2D eigenvalue weighted by Crippen LogP contribution is 2.23. The van der Waals surface area contributed by atoms with Crippen LogP contribution in [0.15, 0.2) is 24.4 Å². The molecule has 0 aliphatic carbocycles. The monoisotopic (exact) mass is 305 g/mol. The van der Waals surface area contributed by atoms with Gasteiger partial charge >= 0.3 is 0 Å². The molecule has 1 aromatic carbocycles. The standard InChI is InChI=1S/C15H19N3O2S/c1-4-13-9-17-15(21-13)11(3)16-8-12-6-5-7-14(10(12)2)18(19)20/h5-7,9,11,16H,4,8H2,1-3H3. The Balaban J connectivity index is 2.06. The zero-order valence-electron chi connectivity index (χ0n) is 12.4. The average molecular weight is 305 g/mol. The first-order valence-electron chi connectivity index (χ1n) is 6.93. The number of hydrogen-bond donors (Lipinski definition) is 1. The molecule has 0 aliphatic heterocycles. The van der Waals surface area contributed by atoms with Crippen molar-refractivity contribution < 1.29 is 4.92 Å². The molecule has 1 aromatic heterocycles. The molecule has 1 atom stereocenters. The first kappa shape index (κ1) is 15.6. The highest BCUT2D eigenvalue weighted by atomic mass is 32.1. The van der Waals surface area contributed by atoms with Crippen LogP contribution in [0.1, 0.15) is 40.9 Å². The number of aromatic nitrogens is 1. The van der Waals surface area contributed by atoms with Gasteiger partial charge in [0.25, 0.3) is 5.69 Å². The van der Waals surface area contributed by atoms with Crippen molar-refractivity contribution in [1.29, 1.82) is 0 Å². The van der Waals surface area contributed by atoms with E-state index in [4.69, 9.17) is 0 Å². The summed E-state index contributed by atoms with van der Waals surface area (Å²) in [7, 11) is 0. The fourth-order valence-electron chi connectivity index (χ4n) is 2.10. The summed E-state index contributed by atoms with van der Waals surface area (Å²) in [6, 6.07) is 5.32. The van der Waals surface area contributed by atoms with Gasteiger partial charge < -0.3 is 5.32 Å². The van der Waals surface area contributed by atoms with Gasteiger partial charge in [0, 0.05) is 29.2 Å². The summed E-state index contributed by atoms with van der Waals surface area (Å²) in [4.78, 5) is 16.3. The summed E-state index contributed by atoms with van der Waals surface area (Å²) in [5.41, 5.74) is 1.84. The molecular weight excluding hydrogens is 286 g/mol. The molecule has 1 heterocycles. The van der Waals surface area contributed by atoms with Crippen LogP contribution in [0.3, 0.4) is 0 Å². The van der Waals surface area contributed by atoms with Crippen LogP contribution in [0.25, 0.3) is 0 Å². The normalized spacial score (nSPS) is 12.3. The van der Waals surface area contributed by atoms with Crippen molar-refractivity contribution in [3.05, 3.63) is 55.5 Å². The number of hydrogen-bond acceptors (Lipinski definition) is 5. The Morgan fingerprint density at radius 2 is 2.24 bits per heavy atom. The van der Waals surface area contributed by atoms with Crippen molar-refractivity contribution in [1.82, 2.24) is 10.3 Å². The van der Waals surface area contributed by atoms with Gasteiger partial charge in [-0.05, 0) is 25.8 Å². The smallest absolute Gasteiger partial charge is 0.272 e. The van der Waals surface area contributed by atoms with Gasteiger partial charge in [-0.25, -0.2) is 4.98 Å². The average Bonchev–Trinajstić information content (AvgIpc) is 2.94. The molecule has 1 unspecified atom stereocenters. The first-order chi connectivity index (χ1) is 10.0. The number of rotatable bonds is 6. The fraction of sp³-hybridized carbons (Fsp3) is 0.400. The number of nitrogens with zero attached hydrogens (tertiary/aromatic N) is 2. The summed E-state index contributed by atoms with van der Waals surface area (Å²) in [5.74, 6) is 0. The van der Waals surface area contributed by atoms with Crippen molar-refractivity contribution in [3.63, 3.8) is 0 Å². The number of nitro benzene ring substituents is 1. The van der Waals surface area contributed by atoms with Crippen LogP contribution >= 0.6 is 11.3 Å². The summed E-state index contributed by atoms with van der Waals surface area (Å²) in [6.45, 7) is 6.56. The second kappa shape index (κ2) is 6.78. The molecule has 0 fully saturated rings. The van der Waals surface area contributed by atoms with E-state index in [1.165, 1.54) is 10.9 Å². The minimum atomic E-state index is -0.337. The molecule has 21 heavy (non-hydrogen) atoms. The zero-order valence-corrected chi connectivity index (χ0v) is 13.2. The Hall–Kier alpha value is -1.79. The Bertz CT molecular complexity index is 640. The third-order valence-electron chi connectivity index (χ3n) is 3.50. The summed E-state index contributed by atoms with van der Waals surface area (Å²) in [5, 5.41) is 15.4. The molecule has 0 saturated heterocycles. The fourth-order valence-corrected chi connectivity index (χ4v) is 2.98. The molecule has 0 radical (unpaired) electrons. The zero-order chi connectivity index (χ0) is 15.4. The van der Waals surface area contributed by atoms with Gasteiger partial charge in [0.1, 0.15) is 5.01 Å². The van der Waals surface area contributed by atoms with Crippen LogP contribution in [0.2, 0.25) is 0 Å². The molecule has 0 bridgehead atoms. The van der Waals surface area contributed by atoms with Gasteiger partial charge in [-0.2, -0.15) is 0 Å². The number of nitrogens with one attached hydrogen (secondary N) is 1. The lowest BCUT2D eigenvalue weighted by molar-refractivity contribution is -0.385. The topological polar surface area (TPSA) is 68.1 Å². The third kappa shape index (κ3) is 3.65. The van der Waals surface area contributed by atoms with Gasteiger partial charge in [-0.3, -0.25) is 10.1 Å². The van der Waals surface area contributed by atoms with Crippen molar-refractivity contribution >= 4 is 17.0 Å². The molecule has 1 N–H and O–H groups in total. The molecule has 6 heteroatoms. The highest BCUT2D eigenvalue weighted by molar-refractivity contribution is 7.11. The second-order valence-electron chi connectivity index (χ2n) is 4.94. The number of thiazole rings is 1. The maximum Gasteiger partial charge on any atom is 0.272 e. The van der Waals surface area contributed by atoms with E-state index in [-0.39, 0.29) is 16.7 Å². The molecule has 112 valence electrons. The van der Waals surface area contributed by atoms with Crippen LogP contribution in [0, 0.1) is 17.0 Å². The first-order valence-corrected chi connectivity index (χ1v) is 7.75. The second-order valence-corrected chi connectivity index (χ2v) is 6.09. The predicted molar refractivity (Wildman–Crippen MR) is 84.6 cm³/mol. The van der Waals surface area contributed by atoms with E-state index in [9.17, 15) is 10.1 Å². The summed E-state index contributed by atoms with van der Waals surface area (Å²) < 4.78 is 0.